The van der Waals surface area contributed by atoms with E-state index >= 15 is 0 Å². The van der Waals surface area contributed by atoms with Gasteiger partial charge in [-0.05, 0) is 0 Å². The molecule has 0 atom stereocenters. The van der Waals surface area contributed by atoms with Gasteiger partial charge in [-0.1, -0.05) is 0 Å². The van der Waals surface area contributed by atoms with Crippen LogP contribution in [0.4, 0.5) is 0 Å². The van der Waals surface area contributed by atoms with Gasteiger partial charge in [0.1, 0.15) is 0 Å². The summed E-state index contributed by atoms with van der Waals surface area (Å²) in [5, 5.41) is 0. The second-order valence-electron chi connectivity index (χ2n) is 7.41. The summed E-state index contributed by atoms with van der Waals surface area (Å²) in [5.41, 5.74) is 2.96. The molecule has 0 aliphatic rings. The van der Waals surface area contributed by atoms with Gasteiger partial charge in [0.05, 0.1) is 0 Å². The van der Waals surface area contributed by atoms with Crippen LogP contribution in [0, 0.1) is 0 Å². The Morgan fingerprint density at radius 3 is 1.33 bits per heavy atom. The average molecular weight is 467 g/mol. The van der Waals surface area contributed by atoms with Crippen LogP contribution in [0.1, 0.15) is 11.1 Å². The summed E-state index contributed by atoms with van der Waals surface area (Å²) in [5.74, 6) is 0. The molecule has 3 rings (SSSR count). The Hall–Kier alpha value is -1.60. The molecule has 0 fully saturated rings. The van der Waals surface area contributed by atoms with Crippen molar-refractivity contribution in [2.24, 2.45) is 0 Å². The number of benzene rings is 3. The van der Waals surface area contributed by atoms with Crippen LogP contribution >= 0.6 is 0 Å². The zero-order valence-electron chi connectivity index (χ0n) is 16.8. The average Bonchev–Trinajstić information content (AvgIpc) is 2.65. The predicted octanol–water partition coefficient (Wildman–Crippen LogP) is 2.33. The van der Waals surface area contributed by atoms with E-state index in [1.807, 2.05) is 0 Å². The molecule has 140 valence electrons. The maximum absolute atomic E-state index is 2.34. The second kappa shape index (κ2) is 9.55. The molecule has 0 aliphatic carbocycles. The van der Waals surface area contributed by atoms with Crippen molar-refractivity contribution in [1.29, 1.82) is 0 Å². The van der Waals surface area contributed by atoms with Crippen molar-refractivity contribution in [3.63, 3.8) is 0 Å². The van der Waals surface area contributed by atoms with Crippen molar-refractivity contribution in [2.75, 3.05) is 28.2 Å². The molecule has 0 saturated carbocycles. The van der Waals surface area contributed by atoms with Crippen molar-refractivity contribution >= 4 is 30.7 Å². The van der Waals surface area contributed by atoms with Gasteiger partial charge in [-0.2, -0.15) is 0 Å². The Morgan fingerprint density at radius 1 is 0.556 bits per heavy atom. The summed E-state index contributed by atoms with van der Waals surface area (Å²) in [4.78, 5) is 4.57. The Labute approximate surface area is 171 Å². The van der Waals surface area contributed by atoms with Gasteiger partial charge >= 0.3 is 172 Å². The van der Waals surface area contributed by atoms with Gasteiger partial charge in [-0.25, -0.2) is 0 Å². The Bertz CT molecular complexity index is 777. The van der Waals surface area contributed by atoms with E-state index in [0.717, 1.165) is 13.1 Å². The zero-order chi connectivity index (χ0) is 19.2. The maximum atomic E-state index is 2.34. The molecule has 0 bridgehead atoms. The molecule has 0 radical (unpaired) electrons. The first kappa shape index (κ1) is 20.1. The third kappa shape index (κ3) is 5.23. The molecule has 0 heterocycles. The quantitative estimate of drug-likeness (QED) is 0.493. The topological polar surface area (TPSA) is 6.48 Å². The molecular weight excluding hydrogens is 438 g/mol. The molecule has 3 aromatic rings. The predicted molar refractivity (Wildman–Crippen MR) is 119 cm³/mol. The van der Waals surface area contributed by atoms with Gasteiger partial charge in [0.2, 0.25) is 0 Å². The molecule has 0 unspecified atom stereocenters. The van der Waals surface area contributed by atoms with E-state index < -0.39 is 20.2 Å². The van der Waals surface area contributed by atoms with E-state index in [1.54, 1.807) is 3.51 Å². The van der Waals surface area contributed by atoms with Crippen LogP contribution in [-0.2, 0) is 13.1 Å². The van der Waals surface area contributed by atoms with Crippen molar-refractivity contribution in [1.82, 2.24) is 9.80 Å². The van der Waals surface area contributed by atoms with Crippen molar-refractivity contribution in [3.05, 3.63) is 90.0 Å². The van der Waals surface area contributed by atoms with Gasteiger partial charge in [0.25, 0.3) is 0 Å². The van der Waals surface area contributed by atoms with Gasteiger partial charge in [-0.3, -0.25) is 0 Å². The van der Waals surface area contributed by atoms with Crippen LogP contribution in [-0.4, -0.2) is 58.2 Å². The molecule has 2 nitrogen and oxygen atoms in total. The van der Waals surface area contributed by atoms with E-state index in [-0.39, 0.29) is 0 Å². The minimum absolute atomic E-state index is 0.983. The van der Waals surface area contributed by atoms with Gasteiger partial charge in [0.15, 0.2) is 0 Å². The molecule has 0 aromatic heterocycles. The van der Waals surface area contributed by atoms with Gasteiger partial charge in [-0.15, -0.1) is 0 Å². The summed E-state index contributed by atoms with van der Waals surface area (Å²) < 4.78 is 4.68. The molecule has 3 heteroatoms. The summed E-state index contributed by atoms with van der Waals surface area (Å²) in [6.45, 7) is 1.97. The summed E-state index contributed by atoms with van der Waals surface area (Å²) in [7, 11) is 8.65. The van der Waals surface area contributed by atoms with E-state index in [9.17, 15) is 0 Å². The van der Waals surface area contributed by atoms with Crippen molar-refractivity contribution in [3.8, 4) is 0 Å². The van der Waals surface area contributed by atoms with E-state index in [4.69, 9.17) is 0 Å². The fourth-order valence-corrected chi connectivity index (χ4v) is 10.9. The zero-order valence-corrected chi connectivity index (χ0v) is 19.3. The van der Waals surface area contributed by atoms with Crippen molar-refractivity contribution < 1.29 is 0 Å². The third-order valence-electron chi connectivity index (χ3n) is 4.43. The summed E-state index contributed by atoms with van der Waals surface area (Å²) in [6, 6.07) is 29.2. The molecular formula is C24H29N2Sb. The standard InChI is InChI=1S/C12H19N2.2C6H5.Sb/c1-13(2)9-11-6-5-7-12(8-11)10-14(3)4;2*1-2-4-6-5-3-1;/h5-7H,9-10H2,1-4H3;2*1-5H;. The molecule has 0 aliphatic heterocycles. The fourth-order valence-electron chi connectivity index (χ4n) is 3.43. The van der Waals surface area contributed by atoms with Crippen LogP contribution < -0.4 is 10.5 Å². The van der Waals surface area contributed by atoms with Crippen LogP contribution in [0.3, 0.4) is 0 Å². The summed E-state index contributed by atoms with van der Waals surface area (Å²) >= 11 is -2.13. The monoisotopic (exact) mass is 466 g/mol. The number of hydrogen-bond donors (Lipinski definition) is 0. The number of rotatable bonds is 7. The second-order valence-corrected chi connectivity index (χ2v) is 13.5. The van der Waals surface area contributed by atoms with Crippen LogP contribution in [0.5, 0.6) is 0 Å². The van der Waals surface area contributed by atoms with Crippen LogP contribution in [0.15, 0.2) is 78.9 Å². The minimum atomic E-state index is -2.13. The van der Waals surface area contributed by atoms with Crippen molar-refractivity contribution in [2.45, 2.75) is 13.1 Å². The van der Waals surface area contributed by atoms with Crippen LogP contribution in [0.25, 0.3) is 0 Å². The fraction of sp³-hybridized carbons (Fsp3) is 0.250. The van der Waals surface area contributed by atoms with E-state index in [0.29, 0.717) is 0 Å². The molecule has 0 spiro atoms. The van der Waals surface area contributed by atoms with E-state index in [1.165, 1.54) is 18.1 Å². The Morgan fingerprint density at radius 2 is 0.963 bits per heavy atom. The molecule has 27 heavy (non-hydrogen) atoms. The van der Waals surface area contributed by atoms with Gasteiger partial charge in [0, 0.05) is 0 Å². The van der Waals surface area contributed by atoms with Gasteiger partial charge < -0.3 is 0 Å². The van der Waals surface area contributed by atoms with E-state index in [2.05, 4.69) is 117 Å². The first-order chi connectivity index (χ1) is 13.1. The first-order valence-corrected chi connectivity index (χ1v) is 13.2. The summed E-state index contributed by atoms with van der Waals surface area (Å²) in [6.07, 6.45) is 0. The number of hydrogen-bond acceptors (Lipinski definition) is 2. The normalized spacial score (nSPS) is 11.5. The SMILES string of the molecule is CN(C)Cc1cccc(CN(C)C)[c]1[Sb]([c]1ccccc1)[c]1ccccc1. The molecule has 3 aromatic carbocycles. The molecule has 0 N–H and O–H groups in total. The molecule has 0 amide bonds. The third-order valence-corrected chi connectivity index (χ3v) is 12.0. The van der Waals surface area contributed by atoms with Crippen LogP contribution in [0.2, 0.25) is 0 Å². The Kier molecular flexibility index (Phi) is 7.12. The Balaban J connectivity index is 2.24. The molecule has 0 saturated heterocycles. The number of nitrogens with zero attached hydrogens (tertiary/aromatic N) is 2. The first-order valence-electron chi connectivity index (χ1n) is 9.36.